The average molecular weight is 247 g/mol. The number of hydrogen-bond donors (Lipinski definition) is 1. The molecule has 0 bridgehead atoms. The molecule has 0 aromatic heterocycles. The normalized spacial score (nSPS) is 15.1. The third-order valence-electron chi connectivity index (χ3n) is 3.29. The lowest BCUT2D eigenvalue weighted by Gasteiger charge is -2.22. The third kappa shape index (κ3) is 3.74. The number of hydrogen-bond acceptors (Lipinski definition) is 2. The van der Waals surface area contributed by atoms with Crippen LogP contribution in [0.1, 0.15) is 44.7 Å². The van der Waals surface area contributed by atoms with Crippen LogP contribution in [0.5, 0.6) is 5.75 Å². The Labute approximate surface area is 111 Å². The second-order valence-corrected chi connectivity index (χ2v) is 6.14. The number of para-hydroxylation sites is 1. The fraction of sp³-hybridized carbons (Fsp3) is 0.625. The number of rotatable bonds is 4. The van der Waals surface area contributed by atoms with E-state index in [1.807, 2.05) is 0 Å². The van der Waals surface area contributed by atoms with Gasteiger partial charge in [-0.05, 0) is 64.1 Å². The van der Waals surface area contributed by atoms with Gasteiger partial charge in [-0.15, -0.1) is 0 Å². The molecule has 1 heterocycles. The van der Waals surface area contributed by atoms with Crippen molar-refractivity contribution in [2.75, 3.05) is 13.2 Å². The van der Waals surface area contributed by atoms with Gasteiger partial charge < -0.3 is 10.1 Å². The zero-order valence-electron chi connectivity index (χ0n) is 11.9. The van der Waals surface area contributed by atoms with Crippen molar-refractivity contribution < 1.29 is 4.74 Å². The summed E-state index contributed by atoms with van der Waals surface area (Å²) in [4.78, 5) is 0. The van der Waals surface area contributed by atoms with Crippen LogP contribution in [0, 0.1) is 0 Å². The third-order valence-corrected chi connectivity index (χ3v) is 3.29. The summed E-state index contributed by atoms with van der Waals surface area (Å²) in [6.45, 7) is 8.57. The molecular weight excluding hydrogens is 222 g/mol. The van der Waals surface area contributed by atoms with Crippen molar-refractivity contribution in [3.63, 3.8) is 0 Å². The molecule has 0 radical (unpaired) electrons. The van der Waals surface area contributed by atoms with E-state index < -0.39 is 0 Å². The fourth-order valence-corrected chi connectivity index (χ4v) is 2.40. The van der Waals surface area contributed by atoms with E-state index in [4.69, 9.17) is 4.74 Å². The Bertz CT molecular complexity index is 393. The van der Waals surface area contributed by atoms with E-state index in [-0.39, 0.29) is 5.54 Å². The average Bonchev–Trinajstić information content (AvgIpc) is 2.33. The van der Waals surface area contributed by atoms with Gasteiger partial charge in [0, 0.05) is 5.54 Å². The van der Waals surface area contributed by atoms with Crippen LogP contribution in [-0.4, -0.2) is 18.7 Å². The first-order valence-electron chi connectivity index (χ1n) is 7.05. The predicted octanol–water partition coefficient (Wildman–Crippen LogP) is 3.33. The molecule has 1 aromatic rings. The highest BCUT2D eigenvalue weighted by molar-refractivity contribution is 5.42. The molecule has 0 spiro atoms. The van der Waals surface area contributed by atoms with Crippen molar-refractivity contribution in [2.24, 2.45) is 0 Å². The lowest BCUT2D eigenvalue weighted by Crippen LogP contribution is -2.36. The van der Waals surface area contributed by atoms with Gasteiger partial charge in [0.15, 0.2) is 0 Å². The van der Waals surface area contributed by atoms with E-state index in [2.05, 4.69) is 44.3 Å². The van der Waals surface area contributed by atoms with Gasteiger partial charge in [-0.25, -0.2) is 0 Å². The minimum absolute atomic E-state index is 0.215. The highest BCUT2D eigenvalue weighted by Gasteiger charge is 2.14. The van der Waals surface area contributed by atoms with Crippen LogP contribution in [0.2, 0.25) is 0 Å². The molecule has 0 amide bonds. The summed E-state index contributed by atoms with van der Waals surface area (Å²) in [5.74, 6) is 1.17. The van der Waals surface area contributed by atoms with Crippen LogP contribution < -0.4 is 10.1 Å². The van der Waals surface area contributed by atoms with Gasteiger partial charge in [-0.3, -0.25) is 0 Å². The quantitative estimate of drug-likeness (QED) is 0.824. The Morgan fingerprint density at radius 3 is 2.89 bits per heavy atom. The second-order valence-electron chi connectivity index (χ2n) is 6.14. The van der Waals surface area contributed by atoms with Crippen LogP contribution in [-0.2, 0) is 12.8 Å². The van der Waals surface area contributed by atoms with Crippen molar-refractivity contribution in [2.45, 2.75) is 52.0 Å². The first-order valence-corrected chi connectivity index (χ1v) is 7.05. The molecule has 0 fully saturated rings. The summed E-state index contributed by atoms with van der Waals surface area (Å²) in [5.41, 5.74) is 2.98. The van der Waals surface area contributed by atoms with E-state index >= 15 is 0 Å². The first kappa shape index (κ1) is 13.4. The summed E-state index contributed by atoms with van der Waals surface area (Å²) < 4.78 is 5.83. The first-order chi connectivity index (χ1) is 8.56. The Hall–Kier alpha value is -1.02. The standard InChI is InChI=1S/C16H25NO/c1-16(2,3)17-11-5-9-13-7-4-8-14-10-6-12-18-15(13)14/h4,7-8,17H,5-6,9-12H2,1-3H3. The number of ether oxygens (including phenoxy) is 1. The molecule has 2 rings (SSSR count). The van der Waals surface area contributed by atoms with Crippen molar-refractivity contribution in [3.05, 3.63) is 29.3 Å². The van der Waals surface area contributed by atoms with Crippen LogP contribution in [0.25, 0.3) is 0 Å². The van der Waals surface area contributed by atoms with Crippen LogP contribution in [0.4, 0.5) is 0 Å². The molecule has 0 aliphatic carbocycles. The Kier molecular flexibility index (Phi) is 4.28. The molecule has 1 aliphatic heterocycles. The maximum Gasteiger partial charge on any atom is 0.125 e. The summed E-state index contributed by atoms with van der Waals surface area (Å²) >= 11 is 0. The molecule has 100 valence electrons. The SMILES string of the molecule is CC(C)(C)NCCCc1cccc2c1OCCC2. The molecule has 2 heteroatoms. The van der Waals surface area contributed by atoms with Gasteiger partial charge in [-0.1, -0.05) is 18.2 Å². The van der Waals surface area contributed by atoms with Crippen molar-refractivity contribution in [3.8, 4) is 5.75 Å². The molecule has 18 heavy (non-hydrogen) atoms. The predicted molar refractivity (Wildman–Crippen MR) is 76.3 cm³/mol. The zero-order chi connectivity index (χ0) is 13.0. The highest BCUT2D eigenvalue weighted by Crippen LogP contribution is 2.29. The fourth-order valence-electron chi connectivity index (χ4n) is 2.40. The van der Waals surface area contributed by atoms with E-state index in [0.717, 1.165) is 32.4 Å². The molecule has 1 N–H and O–H groups in total. The van der Waals surface area contributed by atoms with Gasteiger partial charge in [-0.2, -0.15) is 0 Å². The largest absolute Gasteiger partial charge is 0.493 e. The topological polar surface area (TPSA) is 21.3 Å². The van der Waals surface area contributed by atoms with E-state index in [0.29, 0.717) is 0 Å². The summed E-state index contributed by atoms with van der Waals surface area (Å²) in [6, 6.07) is 6.58. The summed E-state index contributed by atoms with van der Waals surface area (Å²) in [6.07, 6.45) is 4.59. The maximum absolute atomic E-state index is 5.83. The van der Waals surface area contributed by atoms with Gasteiger partial charge in [0.25, 0.3) is 0 Å². The lowest BCUT2D eigenvalue weighted by molar-refractivity contribution is 0.285. The highest BCUT2D eigenvalue weighted by atomic mass is 16.5. The monoisotopic (exact) mass is 247 g/mol. The second kappa shape index (κ2) is 5.75. The number of nitrogens with one attached hydrogen (secondary N) is 1. The summed E-state index contributed by atoms with van der Waals surface area (Å²) in [5, 5.41) is 3.53. The number of benzene rings is 1. The smallest absolute Gasteiger partial charge is 0.125 e. The van der Waals surface area contributed by atoms with Gasteiger partial charge in [0.05, 0.1) is 6.61 Å². The van der Waals surface area contributed by atoms with Gasteiger partial charge in [0.2, 0.25) is 0 Å². The zero-order valence-corrected chi connectivity index (χ0v) is 11.9. The Morgan fingerprint density at radius 1 is 1.28 bits per heavy atom. The molecule has 1 aliphatic rings. The molecule has 0 saturated carbocycles. The van der Waals surface area contributed by atoms with Crippen LogP contribution >= 0.6 is 0 Å². The van der Waals surface area contributed by atoms with E-state index in [1.165, 1.54) is 23.3 Å². The number of aryl methyl sites for hydroxylation is 2. The molecule has 2 nitrogen and oxygen atoms in total. The maximum atomic E-state index is 5.83. The molecule has 1 aromatic carbocycles. The number of fused-ring (bicyclic) bond motifs is 1. The summed E-state index contributed by atoms with van der Waals surface area (Å²) in [7, 11) is 0. The van der Waals surface area contributed by atoms with Crippen molar-refractivity contribution in [1.29, 1.82) is 0 Å². The molecule has 0 atom stereocenters. The lowest BCUT2D eigenvalue weighted by atomic mass is 9.99. The van der Waals surface area contributed by atoms with E-state index in [1.54, 1.807) is 0 Å². The minimum Gasteiger partial charge on any atom is -0.493 e. The van der Waals surface area contributed by atoms with Gasteiger partial charge >= 0.3 is 0 Å². The minimum atomic E-state index is 0.215. The van der Waals surface area contributed by atoms with Gasteiger partial charge in [0.1, 0.15) is 5.75 Å². The molecule has 0 saturated heterocycles. The van der Waals surface area contributed by atoms with E-state index in [9.17, 15) is 0 Å². The Balaban J connectivity index is 1.90. The van der Waals surface area contributed by atoms with Crippen LogP contribution in [0.15, 0.2) is 18.2 Å². The van der Waals surface area contributed by atoms with Crippen LogP contribution in [0.3, 0.4) is 0 Å². The Morgan fingerprint density at radius 2 is 2.11 bits per heavy atom. The van der Waals surface area contributed by atoms with Crippen molar-refractivity contribution >= 4 is 0 Å². The molecular formula is C16H25NO. The molecule has 0 unspecified atom stereocenters. The van der Waals surface area contributed by atoms with Crippen molar-refractivity contribution in [1.82, 2.24) is 5.32 Å².